The van der Waals surface area contributed by atoms with Crippen LogP contribution in [-0.4, -0.2) is 29.4 Å². The minimum Gasteiger partial charge on any atom is -0.338 e. The van der Waals surface area contributed by atoms with Crippen LogP contribution in [-0.2, 0) is 4.79 Å². The third-order valence-electron chi connectivity index (χ3n) is 3.01. The van der Waals surface area contributed by atoms with E-state index in [1.54, 1.807) is 0 Å². The second-order valence-electron chi connectivity index (χ2n) is 4.50. The summed E-state index contributed by atoms with van der Waals surface area (Å²) >= 11 is 0. The summed E-state index contributed by atoms with van der Waals surface area (Å²) in [5, 5.41) is 0. The first-order valence-electron chi connectivity index (χ1n) is 5.57. The van der Waals surface area contributed by atoms with E-state index in [-0.39, 0.29) is 5.91 Å². The highest BCUT2D eigenvalue weighted by atomic mass is 16.2. The van der Waals surface area contributed by atoms with E-state index in [0.717, 1.165) is 19.4 Å². The number of rotatable bonds is 3. The van der Waals surface area contributed by atoms with Gasteiger partial charge in [0.25, 0.3) is 0 Å². The van der Waals surface area contributed by atoms with Crippen molar-refractivity contribution in [1.82, 2.24) is 4.90 Å². The van der Waals surface area contributed by atoms with Crippen LogP contribution in [0.15, 0.2) is 0 Å². The van der Waals surface area contributed by atoms with E-state index in [2.05, 4.69) is 19.8 Å². The molecule has 1 heterocycles. The van der Waals surface area contributed by atoms with Gasteiger partial charge in [0.1, 0.15) is 0 Å². The Bertz CT molecular complexity index is 267. The second kappa shape index (κ2) is 5.18. The average molecular weight is 208 g/mol. The molecule has 3 nitrogen and oxygen atoms in total. The van der Waals surface area contributed by atoms with Crippen LogP contribution < -0.4 is 5.73 Å². The zero-order valence-corrected chi connectivity index (χ0v) is 9.57. The van der Waals surface area contributed by atoms with Crippen molar-refractivity contribution in [2.45, 2.75) is 45.2 Å². The lowest BCUT2D eigenvalue weighted by Crippen LogP contribution is -2.47. The highest BCUT2D eigenvalue weighted by Crippen LogP contribution is 2.24. The standard InChI is InChI=1S/C12H20N2O/c1-4-6-10(13)12(15)14-8-5-7-11(14)9(2)3/h1,9-11H,5-8,13H2,2-3H3. The van der Waals surface area contributed by atoms with Gasteiger partial charge in [0, 0.05) is 19.0 Å². The molecule has 0 saturated carbocycles. The van der Waals surface area contributed by atoms with Crippen LogP contribution in [0, 0.1) is 18.3 Å². The first kappa shape index (κ1) is 12.1. The van der Waals surface area contributed by atoms with Gasteiger partial charge < -0.3 is 10.6 Å². The Morgan fingerprint density at radius 1 is 1.67 bits per heavy atom. The Labute approximate surface area is 92.0 Å². The number of hydrogen-bond donors (Lipinski definition) is 1. The van der Waals surface area contributed by atoms with Crippen molar-refractivity contribution in [1.29, 1.82) is 0 Å². The number of amides is 1. The summed E-state index contributed by atoms with van der Waals surface area (Å²) in [6.45, 7) is 5.12. The summed E-state index contributed by atoms with van der Waals surface area (Å²) in [6, 6.07) is -0.171. The molecule has 1 aliphatic heterocycles. The third-order valence-corrected chi connectivity index (χ3v) is 3.01. The van der Waals surface area contributed by atoms with Crippen molar-refractivity contribution in [3.63, 3.8) is 0 Å². The molecular weight excluding hydrogens is 188 g/mol. The molecule has 0 aromatic rings. The normalized spacial score (nSPS) is 22.9. The Hall–Kier alpha value is -1.01. The molecule has 1 saturated heterocycles. The molecule has 1 aliphatic rings. The Morgan fingerprint density at radius 3 is 2.87 bits per heavy atom. The number of carbonyl (C=O) groups is 1. The van der Waals surface area contributed by atoms with Crippen LogP contribution in [0.1, 0.15) is 33.1 Å². The molecule has 15 heavy (non-hydrogen) atoms. The number of nitrogens with zero attached hydrogens (tertiary/aromatic N) is 1. The van der Waals surface area contributed by atoms with Crippen LogP contribution in [0.5, 0.6) is 0 Å². The lowest BCUT2D eigenvalue weighted by molar-refractivity contribution is -0.134. The van der Waals surface area contributed by atoms with Crippen molar-refractivity contribution < 1.29 is 4.79 Å². The number of likely N-dealkylation sites (tertiary alicyclic amines) is 1. The van der Waals surface area contributed by atoms with Crippen LogP contribution >= 0.6 is 0 Å². The van der Waals surface area contributed by atoms with Gasteiger partial charge in [0.05, 0.1) is 6.04 Å². The van der Waals surface area contributed by atoms with Crippen LogP contribution in [0.2, 0.25) is 0 Å². The fourth-order valence-electron chi connectivity index (χ4n) is 2.19. The van der Waals surface area contributed by atoms with E-state index < -0.39 is 6.04 Å². The molecule has 84 valence electrons. The van der Waals surface area contributed by atoms with Gasteiger partial charge in [-0.15, -0.1) is 12.3 Å². The Morgan fingerprint density at radius 2 is 2.33 bits per heavy atom. The fraction of sp³-hybridized carbons (Fsp3) is 0.750. The summed E-state index contributed by atoms with van der Waals surface area (Å²) in [7, 11) is 0. The van der Waals surface area contributed by atoms with Crippen LogP contribution in [0.25, 0.3) is 0 Å². The van der Waals surface area contributed by atoms with Gasteiger partial charge in [-0.05, 0) is 18.8 Å². The number of carbonyl (C=O) groups excluding carboxylic acids is 1. The highest BCUT2D eigenvalue weighted by Gasteiger charge is 2.32. The lowest BCUT2D eigenvalue weighted by atomic mass is 10.0. The second-order valence-corrected chi connectivity index (χ2v) is 4.50. The summed E-state index contributed by atoms with van der Waals surface area (Å²) in [5.41, 5.74) is 5.74. The van der Waals surface area contributed by atoms with Crippen molar-refractivity contribution >= 4 is 5.91 Å². The molecule has 1 fully saturated rings. The minimum atomic E-state index is -0.519. The smallest absolute Gasteiger partial charge is 0.240 e. The largest absolute Gasteiger partial charge is 0.338 e. The third kappa shape index (κ3) is 2.73. The van der Waals surface area contributed by atoms with Gasteiger partial charge in [0.15, 0.2) is 0 Å². The number of terminal acetylenes is 1. The molecule has 0 bridgehead atoms. The van der Waals surface area contributed by atoms with Crippen molar-refractivity contribution in [2.24, 2.45) is 11.7 Å². The summed E-state index contributed by atoms with van der Waals surface area (Å²) in [4.78, 5) is 13.9. The maximum absolute atomic E-state index is 12.0. The Kier molecular flexibility index (Phi) is 4.16. The van der Waals surface area contributed by atoms with E-state index in [1.165, 1.54) is 0 Å². The molecule has 1 amide bonds. The first-order chi connectivity index (χ1) is 7.07. The van der Waals surface area contributed by atoms with Crippen molar-refractivity contribution in [2.75, 3.05) is 6.54 Å². The number of hydrogen-bond acceptors (Lipinski definition) is 2. The zero-order valence-electron chi connectivity index (χ0n) is 9.57. The van der Waals surface area contributed by atoms with Crippen LogP contribution in [0.3, 0.4) is 0 Å². The summed E-state index contributed by atoms with van der Waals surface area (Å²) in [6.07, 6.45) is 7.66. The van der Waals surface area contributed by atoms with Gasteiger partial charge in [-0.25, -0.2) is 0 Å². The van der Waals surface area contributed by atoms with Crippen molar-refractivity contribution in [3.8, 4) is 12.3 Å². The van der Waals surface area contributed by atoms with Crippen molar-refractivity contribution in [3.05, 3.63) is 0 Å². The first-order valence-corrected chi connectivity index (χ1v) is 5.57. The van der Waals surface area contributed by atoms with Gasteiger partial charge in [-0.1, -0.05) is 13.8 Å². The summed E-state index contributed by atoms with van der Waals surface area (Å²) < 4.78 is 0. The molecule has 0 radical (unpaired) electrons. The molecule has 0 aliphatic carbocycles. The lowest BCUT2D eigenvalue weighted by Gasteiger charge is -2.29. The predicted molar refractivity (Wildman–Crippen MR) is 61.0 cm³/mol. The molecular formula is C12H20N2O. The van der Waals surface area contributed by atoms with E-state index in [1.807, 2.05) is 4.90 Å². The molecule has 0 aromatic heterocycles. The Balaban J connectivity index is 2.63. The molecule has 2 N–H and O–H groups in total. The number of nitrogens with two attached hydrogens (primary N) is 1. The van der Waals surface area contributed by atoms with Gasteiger partial charge in [-0.2, -0.15) is 0 Å². The van der Waals surface area contributed by atoms with E-state index in [9.17, 15) is 4.79 Å². The molecule has 2 atom stereocenters. The molecule has 0 aromatic carbocycles. The zero-order chi connectivity index (χ0) is 11.4. The van der Waals surface area contributed by atoms with E-state index >= 15 is 0 Å². The SMILES string of the molecule is C#CCC(N)C(=O)N1CCCC1C(C)C. The predicted octanol–water partition coefficient (Wildman–Crippen LogP) is 0.984. The summed E-state index contributed by atoms with van der Waals surface area (Å²) in [5.74, 6) is 2.96. The average Bonchev–Trinajstić information content (AvgIpc) is 2.65. The maximum Gasteiger partial charge on any atom is 0.240 e. The topological polar surface area (TPSA) is 46.3 Å². The molecule has 1 rings (SSSR count). The quantitative estimate of drug-likeness (QED) is 0.703. The monoisotopic (exact) mass is 208 g/mol. The fourth-order valence-corrected chi connectivity index (χ4v) is 2.19. The van der Waals surface area contributed by atoms with Gasteiger partial charge in [0.2, 0.25) is 5.91 Å². The van der Waals surface area contributed by atoms with Crippen LogP contribution in [0.4, 0.5) is 0 Å². The minimum absolute atomic E-state index is 0.0177. The highest BCUT2D eigenvalue weighted by molar-refractivity contribution is 5.82. The van der Waals surface area contributed by atoms with Gasteiger partial charge >= 0.3 is 0 Å². The van der Waals surface area contributed by atoms with E-state index in [0.29, 0.717) is 18.4 Å². The van der Waals surface area contributed by atoms with Gasteiger partial charge in [-0.3, -0.25) is 4.79 Å². The maximum atomic E-state index is 12.0. The molecule has 0 spiro atoms. The van der Waals surface area contributed by atoms with E-state index in [4.69, 9.17) is 12.2 Å². The molecule has 2 unspecified atom stereocenters. The molecule has 3 heteroatoms.